The van der Waals surface area contributed by atoms with Gasteiger partial charge in [0.05, 0.1) is 6.15 Å². The molecule has 1 atom stereocenters. The zero-order valence-electron chi connectivity index (χ0n) is 22.9. The van der Waals surface area contributed by atoms with Gasteiger partial charge in [-0.25, -0.2) is 0 Å². The molecule has 0 radical (unpaired) electrons. The first-order valence-corrected chi connectivity index (χ1v) is 17.0. The molecular weight excluding hydrogens is 681 g/mol. The van der Waals surface area contributed by atoms with Gasteiger partial charge in [-0.15, -0.1) is 4.31 Å². The number of rotatable bonds is 8. The van der Waals surface area contributed by atoms with E-state index in [0.29, 0.717) is 0 Å². The summed E-state index contributed by atoms with van der Waals surface area (Å²) in [6.07, 6.45) is 4.75. The van der Waals surface area contributed by atoms with Gasteiger partial charge in [-0.3, -0.25) is 0 Å². The molecular formula is C32H37BBr3NS. The molecule has 0 aliphatic rings. The minimum Gasteiger partial charge on any atom is -0.200 e. The van der Waals surface area contributed by atoms with Gasteiger partial charge in [-0.1, -0.05) is 158 Å². The number of unbranched alkanes of at least 4 members (excludes halogenated alkanes) is 1. The van der Waals surface area contributed by atoms with Crippen LogP contribution < -0.4 is 16.4 Å². The quantitative estimate of drug-likeness (QED) is 0.131. The van der Waals surface area contributed by atoms with Crippen molar-refractivity contribution in [3.05, 3.63) is 116 Å². The summed E-state index contributed by atoms with van der Waals surface area (Å²) in [7, 11) is 4.23. The van der Waals surface area contributed by atoms with E-state index in [1.54, 1.807) is 0 Å². The van der Waals surface area contributed by atoms with E-state index < -0.39 is 6.15 Å². The molecule has 4 aromatic rings. The second kappa shape index (κ2) is 14.9. The van der Waals surface area contributed by atoms with Gasteiger partial charge in [0.2, 0.25) is 0 Å². The number of hydrogen-bond acceptors (Lipinski definition) is 1. The first-order chi connectivity index (χ1) is 18.2. The Labute approximate surface area is 258 Å². The highest BCUT2D eigenvalue weighted by atomic mass is 79.9. The van der Waals surface area contributed by atoms with E-state index in [2.05, 4.69) is 183 Å². The van der Waals surface area contributed by atoms with Crippen molar-refractivity contribution in [2.45, 2.75) is 37.9 Å². The van der Waals surface area contributed by atoms with Crippen LogP contribution in [0, 0.1) is 6.92 Å². The third-order valence-corrected chi connectivity index (χ3v) is 10.9. The lowest BCUT2D eigenvalue weighted by Gasteiger charge is -2.43. The number of halogens is 3. The summed E-state index contributed by atoms with van der Waals surface area (Å²) >= 11 is 11.0. The van der Waals surface area contributed by atoms with Crippen LogP contribution in [0.15, 0.2) is 115 Å². The highest BCUT2D eigenvalue weighted by Gasteiger charge is 2.29. The van der Waals surface area contributed by atoms with E-state index in [4.69, 9.17) is 0 Å². The number of hydrogen-bond donors (Lipinski definition) is 0. The standard InChI is InChI=1S/C22H21BBr3.C10H16NS/c1-2-3-16-23(17-4-10-20(24)11-5-17,18-6-12-21(25)13-7-18)19-8-14-22(26)15-9-19;1-9-5-7-10(8-6-9)12(4)11(2)3/h4-15H,2-3,16H2,1H3;5-8H,1-4H3/q-1;+1. The van der Waals surface area contributed by atoms with Crippen molar-refractivity contribution in [2.75, 3.05) is 20.4 Å². The molecule has 0 fully saturated rings. The molecule has 0 bridgehead atoms. The largest absolute Gasteiger partial charge is 0.200 e. The molecule has 1 unspecified atom stereocenters. The number of aryl methyl sites for hydroxylation is 1. The first-order valence-electron chi connectivity index (χ1n) is 13.0. The van der Waals surface area contributed by atoms with Crippen LogP contribution in [-0.2, 0) is 11.1 Å². The van der Waals surface area contributed by atoms with Crippen molar-refractivity contribution in [1.29, 1.82) is 0 Å². The number of nitrogens with zero attached hydrogens (tertiary/aromatic N) is 1. The Morgan fingerprint density at radius 1 is 0.632 bits per heavy atom. The van der Waals surface area contributed by atoms with Crippen molar-refractivity contribution in [3.63, 3.8) is 0 Å². The van der Waals surface area contributed by atoms with Crippen molar-refractivity contribution in [3.8, 4) is 0 Å². The fourth-order valence-corrected chi connectivity index (χ4v) is 6.65. The fourth-order valence-electron chi connectivity index (χ4n) is 4.91. The lowest BCUT2D eigenvalue weighted by Crippen LogP contribution is -2.66. The van der Waals surface area contributed by atoms with E-state index in [0.717, 1.165) is 19.7 Å². The second-order valence-electron chi connectivity index (χ2n) is 9.95. The molecule has 0 aliphatic carbocycles. The summed E-state index contributed by atoms with van der Waals surface area (Å²) in [6, 6.07) is 35.4. The van der Waals surface area contributed by atoms with Crippen LogP contribution in [0.3, 0.4) is 0 Å². The molecule has 200 valence electrons. The summed E-state index contributed by atoms with van der Waals surface area (Å²) in [6.45, 7) is 4.39. The summed E-state index contributed by atoms with van der Waals surface area (Å²) in [5, 5.41) is 0. The Kier molecular flexibility index (Phi) is 12.2. The predicted octanol–water partition coefficient (Wildman–Crippen LogP) is 8.32. The summed E-state index contributed by atoms with van der Waals surface area (Å²) < 4.78 is 5.60. The van der Waals surface area contributed by atoms with Crippen LogP contribution in [-0.4, -0.2) is 30.8 Å². The molecule has 0 heterocycles. The monoisotopic (exact) mass is 715 g/mol. The zero-order chi connectivity index (χ0) is 27.7. The molecule has 1 nitrogen and oxygen atoms in total. The van der Waals surface area contributed by atoms with Crippen molar-refractivity contribution in [1.82, 2.24) is 4.31 Å². The summed E-state index contributed by atoms with van der Waals surface area (Å²) in [5.41, 5.74) is 5.51. The molecule has 0 aliphatic heterocycles. The van der Waals surface area contributed by atoms with Crippen LogP contribution in [0.5, 0.6) is 0 Å². The third kappa shape index (κ3) is 8.11. The van der Waals surface area contributed by atoms with Crippen LogP contribution in [0.1, 0.15) is 25.3 Å². The smallest absolute Gasteiger partial charge is 0.175 e. The van der Waals surface area contributed by atoms with Gasteiger partial charge in [0, 0.05) is 27.5 Å². The van der Waals surface area contributed by atoms with Gasteiger partial charge in [0.15, 0.2) is 4.90 Å². The molecule has 0 spiro atoms. The molecule has 6 heteroatoms. The SMILES string of the molecule is CCCC[B-](c1ccc(Br)cc1)(c1ccc(Br)cc1)c1ccc(Br)cc1.Cc1ccc([S+](C)N(C)C)cc1. The third-order valence-electron chi connectivity index (χ3n) is 7.22. The van der Waals surface area contributed by atoms with Crippen LogP contribution in [0.2, 0.25) is 6.32 Å². The zero-order valence-corrected chi connectivity index (χ0v) is 28.5. The maximum atomic E-state index is 3.59. The van der Waals surface area contributed by atoms with Gasteiger partial charge >= 0.3 is 0 Å². The normalized spacial score (nSPS) is 12.1. The maximum Gasteiger partial charge on any atom is 0.175 e. The average Bonchev–Trinajstić information content (AvgIpc) is 2.92. The minimum atomic E-state index is -1.02. The number of benzene rings is 4. The molecule has 0 N–H and O–H groups in total. The Morgan fingerprint density at radius 2 is 1.00 bits per heavy atom. The van der Waals surface area contributed by atoms with Crippen molar-refractivity contribution >= 4 is 81.4 Å². The topological polar surface area (TPSA) is 3.24 Å². The van der Waals surface area contributed by atoms with Crippen LogP contribution >= 0.6 is 47.8 Å². The molecule has 0 amide bonds. The fraction of sp³-hybridized carbons (Fsp3) is 0.250. The summed E-state index contributed by atoms with van der Waals surface area (Å²) in [4.78, 5) is 1.41. The Hall–Kier alpha value is -1.31. The Morgan fingerprint density at radius 3 is 1.32 bits per heavy atom. The summed E-state index contributed by atoms with van der Waals surface area (Å²) in [5.74, 6) is 0. The highest BCUT2D eigenvalue weighted by molar-refractivity contribution is 9.11. The van der Waals surface area contributed by atoms with Crippen LogP contribution in [0.4, 0.5) is 0 Å². The minimum absolute atomic E-state index is 0.240. The van der Waals surface area contributed by atoms with Gasteiger partial charge in [0.25, 0.3) is 0 Å². The molecule has 38 heavy (non-hydrogen) atoms. The molecule has 0 saturated heterocycles. The molecule has 4 aromatic carbocycles. The Balaban J connectivity index is 0.000000279. The second-order valence-corrected chi connectivity index (χ2v) is 14.9. The van der Waals surface area contributed by atoms with Crippen molar-refractivity contribution in [2.24, 2.45) is 0 Å². The molecule has 0 aromatic heterocycles. The van der Waals surface area contributed by atoms with Crippen LogP contribution in [0.25, 0.3) is 0 Å². The van der Waals surface area contributed by atoms with E-state index >= 15 is 0 Å². The molecule has 4 rings (SSSR count). The van der Waals surface area contributed by atoms with E-state index in [9.17, 15) is 0 Å². The van der Waals surface area contributed by atoms with E-state index in [1.165, 1.54) is 39.7 Å². The lowest BCUT2D eigenvalue weighted by atomic mass is 9.14. The average molecular weight is 718 g/mol. The van der Waals surface area contributed by atoms with E-state index in [-0.39, 0.29) is 11.1 Å². The van der Waals surface area contributed by atoms with Gasteiger partial charge in [0.1, 0.15) is 17.3 Å². The first kappa shape index (κ1) is 31.2. The van der Waals surface area contributed by atoms with Gasteiger partial charge in [-0.2, -0.15) is 22.7 Å². The highest BCUT2D eigenvalue weighted by Crippen LogP contribution is 2.20. The van der Waals surface area contributed by atoms with Gasteiger partial charge in [-0.05, 0) is 19.1 Å². The maximum absolute atomic E-state index is 3.59. The van der Waals surface area contributed by atoms with E-state index in [1.807, 2.05) is 0 Å². The molecule has 0 saturated carbocycles. The predicted molar refractivity (Wildman–Crippen MR) is 183 cm³/mol. The lowest BCUT2D eigenvalue weighted by molar-refractivity contribution is 0.689. The van der Waals surface area contributed by atoms with Gasteiger partial charge < -0.3 is 0 Å². The Bertz CT molecular complexity index is 1150. The van der Waals surface area contributed by atoms with Crippen molar-refractivity contribution < 1.29 is 0 Å².